The Morgan fingerprint density at radius 1 is 1.14 bits per heavy atom. The second kappa shape index (κ2) is 8.39. The monoisotopic (exact) mass is 449 g/mol. The Bertz CT molecular complexity index is 1120. The quantitative estimate of drug-likeness (QED) is 0.637. The molecule has 0 bridgehead atoms. The van der Waals surface area contributed by atoms with E-state index in [0.717, 1.165) is 34.5 Å². The number of carbonyl (C=O) groups excluding carboxylic acids is 1. The van der Waals surface area contributed by atoms with Crippen molar-refractivity contribution in [3.05, 3.63) is 58.1 Å². The lowest BCUT2D eigenvalue weighted by atomic mass is 10.2. The van der Waals surface area contributed by atoms with Crippen molar-refractivity contribution in [2.24, 2.45) is 0 Å². The van der Waals surface area contributed by atoms with Crippen LogP contribution in [0.4, 0.5) is 0 Å². The number of aromatic nitrogens is 1. The predicted octanol–water partition coefficient (Wildman–Crippen LogP) is 4.05. The van der Waals surface area contributed by atoms with E-state index < -0.39 is 15.9 Å². The zero-order valence-electron chi connectivity index (χ0n) is 15.6. The van der Waals surface area contributed by atoms with Gasteiger partial charge in [0.2, 0.25) is 10.0 Å². The van der Waals surface area contributed by atoms with E-state index in [2.05, 4.69) is 10.3 Å². The molecule has 1 N–H and O–H groups in total. The average Bonchev–Trinajstić information content (AvgIpc) is 3.16. The van der Waals surface area contributed by atoms with Crippen LogP contribution in [0.5, 0.6) is 0 Å². The molecule has 2 aromatic carbocycles. The summed E-state index contributed by atoms with van der Waals surface area (Å²) in [6.07, 6.45) is 2.73. The summed E-state index contributed by atoms with van der Waals surface area (Å²) in [5.74, 6) is -0.426. The van der Waals surface area contributed by atoms with Gasteiger partial charge in [-0.3, -0.25) is 4.79 Å². The van der Waals surface area contributed by atoms with E-state index in [4.69, 9.17) is 11.6 Å². The molecule has 152 valence electrons. The molecule has 0 unspecified atom stereocenters. The number of hydrogen-bond acceptors (Lipinski definition) is 5. The highest BCUT2D eigenvalue weighted by atomic mass is 35.5. The molecule has 0 aliphatic carbocycles. The summed E-state index contributed by atoms with van der Waals surface area (Å²) in [5, 5.41) is 3.77. The fourth-order valence-electron chi connectivity index (χ4n) is 3.34. The van der Waals surface area contributed by atoms with Gasteiger partial charge in [-0.1, -0.05) is 30.2 Å². The molecule has 0 saturated carbocycles. The third-order valence-corrected chi connectivity index (χ3v) is 8.13. The second-order valence-electron chi connectivity index (χ2n) is 6.86. The van der Waals surface area contributed by atoms with Gasteiger partial charge in [0.1, 0.15) is 5.01 Å². The normalized spacial score (nSPS) is 15.5. The molecule has 0 atom stereocenters. The minimum Gasteiger partial charge on any atom is -0.345 e. The lowest BCUT2D eigenvalue weighted by molar-refractivity contribution is 0.0951. The number of rotatable bonds is 5. The summed E-state index contributed by atoms with van der Waals surface area (Å²) in [4.78, 5) is 17.3. The van der Waals surface area contributed by atoms with Crippen LogP contribution in [0.2, 0.25) is 5.02 Å². The zero-order chi connectivity index (χ0) is 20.4. The van der Waals surface area contributed by atoms with Gasteiger partial charge in [-0.15, -0.1) is 11.3 Å². The van der Waals surface area contributed by atoms with E-state index in [-0.39, 0.29) is 22.0 Å². The predicted molar refractivity (Wildman–Crippen MR) is 115 cm³/mol. The summed E-state index contributed by atoms with van der Waals surface area (Å²) >= 11 is 7.69. The van der Waals surface area contributed by atoms with Gasteiger partial charge in [0.05, 0.1) is 32.2 Å². The van der Waals surface area contributed by atoms with E-state index in [0.29, 0.717) is 13.1 Å². The number of halogens is 1. The first-order chi connectivity index (χ1) is 13.9. The van der Waals surface area contributed by atoms with Crippen molar-refractivity contribution in [3.63, 3.8) is 0 Å². The number of para-hydroxylation sites is 1. The van der Waals surface area contributed by atoms with Crippen LogP contribution in [-0.2, 0) is 16.6 Å². The molecule has 1 aliphatic heterocycles. The van der Waals surface area contributed by atoms with Crippen LogP contribution in [0.3, 0.4) is 0 Å². The fraction of sp³-hybridized carbons (Fsp3) is 0.300. The lowest BCUT2D eigenvalue weighted by Crippen LogP contribution is -2.35. The highest BCUT2D eigenvalue weighted by Gasteiger charge is 2.27. The maximum absolute atomic E-state index is 12.9. The van der Waals surface area contributed by atoms with Crippen LogP contribution in [-0.4, -0.2) is 36.7 Å². The van der Waals surface area contributed by atoms with Crippen LogP contribution in [0.15, 0.2) is 47.4 Å². The number of fused-ring (bicyclic) bond motifs is 1. The van der Waals surface area contributed by atoms with Gasteiger partial charge in [-0.25, -0.2) is 13.4 Å². The van der Waals surface area contributed by atoms with Crippen LogP contribution in [0.25, 0.3) is 10.2 Å². The largest absolute Gasteiger partial charge is 0.345 e. The molecule has 2 heterocycles. The number of amides is 1. The summed E-state index contributed by atoms with van der Waals surface area (Å²) in [5.41, 5.74) is 1.03. The van der Waals surface area contributed by atoms with Gasteiger partial charge in [-0.2, -0.15) is 4.31 Å². The number of hydrogen-bond donors (Lipinski definition) is 1. The highest BCUT2D eigenvalue weighted by molar-refractivity contribution is 7.89. The Labute approximate surface area is 178 Å². The Balaban J connectivity index is 1.52. The minimum atomic E-state index is -3.63. The Morgan fingerprint density at radius 2 is 1.90 bits per heavy atom. The third kappa shape index (κ3) is 4.30. The van der Waals surface area contributed by atoms with Crippen LogP contribution >= 0.6 is 22.9 Å². The van der Waals surface area contributed by atoms with E-state index in [1.165, 1.54) is 33.8 Å². The molecule has 1 aromatic heterocycles. The van der Waals surface area contributed by atoms with Crippen LogP contribution < -0.4 is 5.32 Å². The number of nitrogens with one attached hydrogen (secondary N) is 1. The summed E-state index contributed by atoms with van der Waals surface area (Å²) in [6.45, 7) is 1.26. The van der Waals surface area contributed by atoms with Crippen molar-refractivity contribution < 1.29 is 13.2 Å². The summed E-state index contributed by atoms with van der Waals surface area (Å²) in [7, 11) is -3.63. The van der Waals surface area contributed by atoms with E-state index in [1.807, 2.05) is 24.3 Å². The molecule has 0 spiro atoms. The first kappa shape index (κ1) is 20.3. The molecular weight excluding hydrogens is 430 g/mol. The van der Waals surface area contributed by atoms with E-state index >= 15 is 0 Å². The fourth-order valence-corrected chi connectivity index (χ4v) is 5.99. The van der Waals surface area contributed by atoms with Crippen molar-refractivity contribution in [2.75, 3.05) is 13.1 Å². The molecular formula is C20H20ClN3O3S2. The van der Waals surface area contributed by atoms with Crippen LogP contribution in [0, 0.1) is 0 Å². The first-order valence-electron chi connectivity index (χ1n) is 9.37. The SMILES string of the molecule is O=C(NCc1nc2ccccc2s1)c1cc(S(=O)(=O)N2CCCCC2)ccc1Cl. The Kier molecular flexibility index (Phi) is 5.87. The number of piperidine rings is 1. The van der Waals surface area contributed by atoms with E-state index in [1.54, 1.807) is 0 Å². The summed E-state index contributed by atoms with van der Waals surface area (Å²) in [6, 6.07) is 12.0. The molecule has 29 heavy (non-hydrogen) atoms. The van der Waals surface area contributed by atoms with Gasteiger partial charge < -0.3 is 5.32 Å². The van der Waals surface area contributed by atoms with Crippen molar-refractivity contribution >= 4 is 49.1 Å². The van der Waals surface area contributed by atoms with Crippen LogP contribution in [0.1, 0.15) is 34.6 Å². The molecule has 1 fully saturated rings. The Hall–Kier alpha value is -2.00. The Morgan fingerprint density at radius 3 is 2.66 bits per heavy atom. The van der Waals surface area contributed by atoms with Gasteiger partial charge in [0.15, 0.2) is 0 Å². The standard InChI is InChI=1S/C20H20ClN3O3S2/c21-16-9-8-14(29(26,27)24-10-4-1-5-11-24)12-15(16)20(25)22-13-19-23-17-6-2-3-7-18(17)28-19/h2-3,6-9,12H,1,4-5,10-11,13H2,(H,22,25). The lowest BCUT2D eigenvalue weighted by Gasteiger charge is -2.26. The first-order valence-corrected chi connectivity index (χ1v) is 12.0. The third-order valence-electron chi connectivity index (χ3n) is 4.87. The van der Waals surface area contributed by atoms with Gasteiger partial charge in [-0.05, 0) is 43.2 Å². The number of benzene rings is 2. The molecule has 0 radical (unpaired) electrons. The maximum Gasteiger partial charge on any atom is 0.253 e. The van der Waals surface area contributed by atoms with Gasteiger partial charge >= 0.3 is 0 Å². The number of carbonyl (C=O) groups is 1. The van der Waals surface area contributed by atoms with Gasteiger partial charge in [0, 0.05) is 13.1 Å². The number of thiazole rings is 1. The van der Waals surface area contributed by atoms with Crippen molar-refractivity contribution in [3.8, 4) is 0 Å². The molecule has 9 heteroatoms. The van der Waals surface area contributed by atoms with Crippen molar-refractivity contribution in [1.29, 1.82) is 0 Å². The molecule has 1 amide bonds. The zero-order valence-corrected chi connectivity index (χ0v) is 18.0. The number of nitrogens with zero attached hydrogens (tertiary/aromatic N) is 2. The second-order valence-corrected chi connectivity index (χ2v) is 10.3. The minimum absolute atomic E-state index is 0.0916. The molecule has 1 saturated heterocycles. The number of sulfonamides is 1. The molecule has 4 rings (SSSR count). The topological polar surface area (TPSA) is 79.4 Å². The highest BCUT2D eigenvalue weighted by Crippen LogP contribution is 2.26. The smallest absolute Gasteiger partial charge is 0.253 e. The van der Waals surface area contributed by atoms with E-state index in [9.17, 15) is 13.2 Å². The van der Waals surface area contributed by atoms with Gasteiger partial charge in [0.25, 0.3) is 5.91 Å². The van der Waals surface area contributed by atoms with Crippen molar-refractivity contribution in [1.82, 2.24) is 14.6 Å². The average molecular weight is 450 g/mol. The maximum atomic E-state index is 12.9. The molecule has 3 aromatic rings. The molecule has 6 nitrogen and oxygen atoms in total. The molecule has 1 aliphatic rings. The summed E-state index contributed by atoms with van der Waals surface area (Å²) < 4.78 is 28.3. The van der Waals surface area contributed by atoms with Crippen molar-refractivity contribution in [2.45, 2.75) is 30.7 Å².